The molecule has 106 valence electrons. The lowest BCUT2D eigenvalue weighted by molar-refractivity contribution is 0.174. The zero-order chi connectivity index (χ0) is 14.2. The highest BCUT2D eigenvalue weighted by atomic mass is 16.7. The minimum atomic E-state index is 0.0275. The van der Waals surface area contributed by atoms with Gasteiger partial charge >= 0.3 is 0 Å². The lowest BCUT2D eigenvalue weighted by Gasteiger charge is -2.06. The molecule has 6 nitrogen and oxygen atoms in total. The molecule has 0 saturated heterocycles. The van der Waals surface area contributed by atoms with Gasteiger partial charge in [-0.15, -0.1) is 0 Å². The lowest BCUT2D eigenvalue weighted by atomic mass is 10.2. The molecule has 21 heavy (non-hydrogen) atoms. The van der Waals surface area contributed by atoms with Crippen molar-refractivity contribution in [2.24, 2.45) is 0 Å². The van der Waals surface area contributed by atoms with Gasteiger partial charge in [-0.05, 0) is 12.1 Å². The van der Waals surface area contributed by atoms with Crippen molar-refractivity contribution in [2.45, 2.75) is 6.54 Å². The number of hydrogen-bond acceptors (Lipinski definition) is 5. The maximum atomic E-state index is 9.34. The van der Waals surface area contributed by atoms with E-state index >= 15 is 0 Å². The number of imidazole rings is 1. The second kappa shape index (κ2) is 4.75. The van der Waals surface area contributed by atoms with Gasteiger partial charge in [-0.2, -0.15) is 0 Å². The maximum Gasteiger partial charge on any atom is 0.231 e. The monoisotopic (exact) mass is 283 g/mol. The molecule has 0 fully saturated rings. The third-order valence-corrected chi connectivity index (χ3v) is 3.46. The first-order valence-electron chi connectivity index (χ1n) is 6.69. The molecule has 3 aromatic rings. The Hall–Kier alpha value is -2.60. The van der Waals surface area contributed by atoms with Gasteiger partial charge in [0.15, 0.2) is 17.3 Å². The van der Waals surface area contributed by atoms with Crippen LogP contribution in [0.4, 0.5) is 0 Å². The van der Waals surface area contributed by atoms with Crippen molar-refractivity contribution in [3.63, 3.8) is 0 Å². The number of aliphatic hydroxyl groups is 1. The van der Waals surface area contributed by atoms with Gasteiger partial charge in [0.25, 0.3) is 0 Å². The lowest BCUT2D eigenvalue weighted by Crippen LogP contribution is -2.04. The second-order valence-corrected chi connectivity index (χ2v) is 4.72. The molecular weight excluding hydrogens is 270 g/mol. The van der Waals surface area contributed by atoms with Gasteiger partial charge in [0.2, 0.25) is 6.79 Å². The summed E-state index contributed by atoms with van der Waals surface area (Å²) in [7, 11) is 0. The van der Waals surface area contributed by atoms with Crippen LogP contribution >= 0.6 is 0 Å². The smallest absolute Gasteiger partial charge is 0.231 e. The first kappa shape index (κ1) is 12.2. The van der Waals surface area contributed by atoms with Crippen LogP contribution in [0.2, 0.25) is 0 Å². The topological polar surface area (TPSA) is 69.4 Å². The van der Waals surface area contributed by atoms with E-state index in [0.717, 1.165) is 22.6 Å². The average Bonchev–Trinajstić information content (AvgIpc) is 3.11. The number of aromatic nitrogens is 3. The normalized spacial score (nSPS) is 13.0. The maximum absolute atomic E-state index is 9.34. The standard InChI is InChI=1S/C15H13N3O3/c19-6-5-18-12-8-14-13(20-9-21-14)7-11(12)17-15(18)10-3-1-2-4-16-10/h1-4,7-8,19H,5-6,9H2. The van der Waals surface area contributed by atoms with Crippen LogP contribution in [0.25, 0.3) is 22.6 Å². The number of hydrogen-bond donors (Lipinski definition) is 1. The Morgan fingerprint density at radius 1 is 1.19 bits per heavy atom. The Morgan fingerprint density at radius 2 is 2.05 bits per heavy atom. The zero-order valence-electron chi connectivity index (χ0n) is 11.2. The van der Waals surface area contributed by atoms with Crippen molar-refractivity contribution in [1.29, 1.82) is 0 Å². The zero-order valence-corrected chi connectivity index (χ0v) is 11.2. The Kier molecular flexibility index (Phi) is 2.75. The molecule has 4 rings (SSSR count). The van der Waals surface area contributed by atoms with E-state index < -0.39 is 0 Å². The molecule has 0 saturated carbocycles. The summed E-state index contributed by atoms with van der Waals surface area (Å²) < 4.78 is 12.7. The van der Waals surface area contributed by atoms with Crippen LogP contribution < -0.4 is 9.47 Å². The van der Waals surface area contributed by atoms with E-state index in [-0.39, 0.29) is 13.4 Å². The van der Waals surface area contributed by atoms with Crippen molar-refractivity contribution in [1.82, 2.24) is 14.5 Å². The van der Waals surface area contributed by atoms with Gasteiger partial charge < -0.3 is 19.1 Å². The molecule has 1 aliphatic heterocycles. The van der Waals surface area contributed by atoms with E-state index in [4.69, 9.17) is 9.47 Å². The largest absolute Gasteiger partial charge is 0.454 e. The third-order valence-electron chi connectivity index (χ3n) is 3.46. The van der Waals surface area contributed by atoms with Crippen LogP contribution in [0, 0.1) is 0 Å². The van der Waals surface area contributed by atoms with Crippen LogP contribution in [-0.4, -0.2) is 33.0 Å². The average molecular weight is 283 g/mol. The summed E-state index contributed by atoms with van der Waals surface area (Å²) in [6.45, 7) is 0.705. The highest BCUT2D eigenvalue weighted by molar-refractivity contribution is 5.84. The molecular formula is C15H13N3O3. The van der Waals surface area contributed by atoms with E-state index in [0.29, 0.717) is 18.0 Å². The van der Waals surface area contributed by atoms with Crippen LogP contribution in [0.5, 0.6) is 11.5 Å². The molecule has 0 atom stereocenters. The van der Waals surface area contributed by atoms with Crippen molar-refractivity contribution in [2.75, 3.05) is 13.4 Å². The van der Waals surface area contributed by atoms with E-state index in [1.807, 2.05) is 34.9 Å². The Labute approximate surface area is 120 Å². The van der Waals surface area contributed by atoms with Crippen molar-refractivity contribution in [3.8, 4) is 23.0 Å². The predicted octanol–water partition coefficient (Wildman–Crippen LogP) is 1.82. The van der Waals surface area contributed by atoms with E-state index in [2.05, 4.69) is 9.97 Å². The predicted molar refractivity (Wildman–Crippen MR) is 76.2 cm³/mol. The summed E-state index contributed by atoms with van der Waals surface area (Å²) in [6.07, 6.45) is 1.73. The molecule has 0 aliphatic carbocycles. The molecule has 0 spiro atoms. The molecule has 0 bridgehead atoms. The van der Waals surface area contributed by atoms with Gasteiger partial charge in [-0.3, -0.25) is 4.98 Å². The number of ether oxygens (including phenoxy) is 2. The summed E-state index contributed by atoms with van der Waals surface area (Å²) in [5.41, 5.74) is 2.46. The van der Waals surface area contributed by atoms with E-state index in [9.17, 15) is 5.11 Å². The highest BCUT2D eigenvalue weighted by Crippen LogP contribution is 2.37. The van der Waals surface area contributed by atoms with Gasteiger partial charge in [0, 0.05) is 24.9 Å². The van der Waals surface area contributed by atoms with Crippen LogP contribution in [0.1, 0.15) is 0 Å². The minimum Gasteiger partial charge on any atom is -0.454 e. The Balaban J connectivity index is 1.96. The fraction of sp³-hybridized carbons (Fsp3) is 0.200. The van der Waals surface area contributed by atoms with Crippen LogP contribution in [0.3, 0.4) is 0 Å². The summed E-state index contributed by atoms with van der Waals surface area (Å²) in [6, 6.07) is 9.43. The first-order chi connectivity index (χ1) is 10.4. The van der Waals surface area contributed by atoms with Crippen molar-refractivity contribution >= 4 is 11.0 Å². The number of pyridine rings is 1. The van der Waals surface area contributed by atoms with Crippen LogP contribution in [-0.2, 0) is 6.54 Å². The molecule has 0 unspecified atom stereocenters. The van der Waals surface area contributed by atoms with Gasteiger partial charge in [0.1, 0.15) is 5.69 Å². The van der Waals surface area contributed by atoms with E-state index in [1.165, 1.54) is 0 Å². The molecule has 1 N–H and O–H groups in total. The van der Waals surface area contributed by atoms with Crippen molar-refractivity contribution in [3.05, 3.63) is 36.5 Å². The number of benzene rings is 1. The molecule has 2 aromatic heterocycles. The van der Waals surface area contributed by atoms with Gasteiger partial charge in [0.05, 0.1) is 17.6 Å². The molecule has 6 heteroatoms. The number of fused-ring (bicyclic) bond motifs is 2. The van der Waals surface area contributed by atoms with Gasteiger partial charge in [-0.1, -0.05) is 6.07 Å². The minimum absolute atomic E-state index is 0.0275. The summed E-state index contributed by atoms with van der Waals surface area (Å²) in [4.78, 5) is 8.97. The summed E-state index contributed by atoms with van der Waals surface area (Å²) in [5, 5.41) is 9.34. The Bertz CT molecular complexity index is 799. The van der Waals surface area contributed by atoms with Crippen LogP contribution in [0.15, 0.2) is 36.5 Å². The molecule has 0 amide bonds. The van der Waals surface area contributed by atoms with E-state index in [1.54, 1.807) is 6.20 Å². The van der Waals surface area contributed by atoms with Crippen molar-refractivity contribution < 1.29 is 14.6 Å². The number of nitrogens with zero attached hydrogens (tertiary/aromatic N) is 3. The van der Waals surface area contributed by atoms with Gasteiger partial charge in [-0.25, -0.2) is 4.98 Å². The quantitative estimate of drug-likeness (QED) is 0.794. The third kappa shape index (κ3) is 1.92. The fourth-order valence-corrected chi connectivity index (χ4v) is 2.53. The number of rotatable bonds is 3. The Morgan fingerprint density at radius 3 is 2.81 bits per heavy atom. The fourth-order valence-electron chi connectivity index (χ4n) is 2.53. The molecule has 0 radical (unpaired) electrons. The molecule has 1 aromatic carbocycles. The summed E-state index contributed by atoms with van der Waals surface area (Å²) in [5.74, 6) is 2.13. The summed E-state index contributed by atoms with van der Waals surface area (Å²) >= 11 is 0. The highest BCUT2D eigenvalue weighted by Gasteiger charge is 2.19. The SMILES string of the molecule is OCCn1c(-c2ccccn2)nc2cc3c(cc21)OCO3. The molecule has 3 heterocycles. The second-order valence-electron chi connectivity index (χ2n) is 4.72. The number of aliphatic hydroxyl groups excluding tert-OH is 1. The first-order valence-corrected chi connectivity index (χ1v) is 6.69. The molecule has 1 aliphatic rings.